The first kappa shape index (κ1) is 13.2. The van der Waals surface area contributed by atoms with Crippen molar-refractivity contribution in [2.24, 2.45) is 5.41 Å². The molecule has 2 aliphatic rings. The van der Waals surface area contributed by atoms with Crippen molar-refractivity contribution in [3.63, 3.8) is 0 Å². The van der Waals surface area contributed by atoms with Gasteiger partial charge in [0.2, 0.25) is 0 Å². The molecule has 2 aliphatic carbocycles. The van der Waals surface area contributed by atoms with Crippen molar-refractivity contribution < 1.29 is 5.11 Å². The van der Waals surface area contributed by atoms with E-state index in [1.165, 1.54) is 56.1 Å². The van der Waals surface area contributed by atoms with Crippen LogP contribution in [0.15, 0.2) is 24.3 Å². The molecule has 1 atom stereocenters. The molecule has 104 valence electrons. The minimum absolute atomic E-state index is 0.153. The van der Waals surface area contributed by atoms with Gasteiger partial charge in [0.25, 0.3) is 0 Å². The Bertz CT molecular complexity index is 427. The van der Waals surface area contributed by atoms with Gasteiger partial charge in [0.15, 0.2) is 0 Å². The molecule has 1 N–H and O–H groups in total. The molecule has 2 fully saturated rings. The van der Waals surface area contributed by atoms with Crippen molar-refractivity contribution in [1.29, 1.82) is 0 Å². The number of hydrogen-bond donors (Lipinski definition) is 1. The van der Waals surface area contributed by atoms with Gasteiger partial charge < -0.3 is 5.11 Å². The maximum Gasteiger partial charge on any atom is 0.0848 e. The van der Waals surface area contributed by atoms with Crippen LogP contribution in [0.4, 0.5) is 0 Å². The van der Waals surface area contributed by atoms with E-state index in [9.17, 15) is 5.11 Å². The summed E-state index contributed by atoms with van der Waals surface area (Å²) in [5.74, 6) is 0.709. The van der Waals surface area contributed by atoms with E-state index in [1.54, 1.807) is 0 Å². The predicted molar refractivity (Wildman–Crippen MR) is 79.2 cm³/mol. The fraction of sp³-hybridized carbons (Fsp3) is 0.667. The normalized spacial score (nSPS) is 24.1. The second kappa shape index (κ2) is 5.28. The summed E-state index contributed by atoms with van der Waals surface area (Å²) in [5.41, 5.74) is 2.82. The van der Waals surface area contributed by atoms with Gasteiger partial charge in [-0.1, -0.05) is 50.5 Å². The number of aliphatic hydroxyl groups excluding tert-OH is 1. The van der Waals surface area contributed by atoms with Crippen molar-refractivity contribution in [3.8, 4) is 0 Å². The standard InChI is InChI=1S/C18H26O/c1-2-18(12-5-6-13-18)17(19)16-11-4-3-10-15(16)14-8-7-9-14/h3-4,10-11,14,17,19H,2,5-9,12-13H2,1H3. The molecule has 0 aromatic heterocycles. The number of benzene rings is 1. The Hall–Kier alpha value is -0.820. The Morgan fingerprint density at radius 2 is 1.84 bits per heavy atom. The summed E-state index contributed by atoms with van der Waals surface area (Å²) < 4.78 is 0. The van der Waals surface area contributed by atoms with Crippen molar-refractivity contribution in [2.75, 3.05) is 0 Å². The van der Waals surface area contributed by atoms with Crippen LogP contribution in [0.25, 0.3) is 0 Å². The highest BCUT2D eigenvalue weighted by atomic mass is 16.3. The van der Waals surface area contributed by atoms with Gasteiger partial charge in [-0.05, 0) is 49.1 Å². The first-order valence-corrected chi connectivity index (χ1v) is 8.04. The van der Waals surface area contributed by atoms with E-state index in [0.717, 1.165) is 6.42 Å². The first-order valence-electron chi connectivity index (χ1n) is 8.04. The van der Waals surface area contributed by atoms with Gasteiger partial charge in [-0.25, -0.2) is 0 Å². The highest BCUT2D eigenvalue weighted by Gasteiger charge is 2.41. The van der Waals surface area contributed by atoms with Crippen LogP contribution in [0, 0.1) is 5.41 Å². The molecule has 1 aromatic carbocycles. The van der Waals surface area contributed by atoms with Gasteiger partial charge in [-0.15, -0.1) is 0 Å². The molecule has 0 radical (unpaired) electrons. The Morgan fingerprint density at radius 3 is 2.42 bits per heavy atom. The summed E-state index contributed by atoms with van der Waals surface area (Å²) in [7, 11) is 0. The van der Waals surface area contributed by atoms with Crippen LogP contribution < -0.4 is 0 Å². The monoisotopic (exact) mass is 258 g/mol. The molecule has 0 amide bonds. The van der Waals surface area contributed by atoms with Crippen molar-refractivity contribution in [2.45, 2.75) is 70.3 Å². The molecule has 2 saturated carbocycles. The molecular weight excluding hydrogens is 232 g/mol. The van der Waals surface area contributed by atoms with Gasteiger partial charge in [0.05, 0.1) is 6.10 Å². The minimum Gasteiger partial charge on any atom is -0.388 e. The van der Waals surface area contributed by atoms with Crippen LogP contribution in [-0.2, 0) is 0 Å². The van der Waals surface area contributed by atoms with Crippen molar-refractivity contribution in [3.05, 3.63) is 35.4 Å². The molecule has 0 heterocycles. The zero-order valence-electron chi connectivity index (χ0n) is 12.1. The molecule has 1 aromatic rings. The second-order valence-electron chi connectivity index (χ2n) is 6.58. The summed E-state index contributed by atoms with van der Waals surface area (Å²) >= 11 is 0. The van der Waals surface area contributed by atoms with Crippen LogP contribution in [0.2, 0.25) is 0 Å². The third kappa shape index (κ3) is 2.23. The SMILES string of the molecule is CCC1(C(O)c2ccccc2C2CCC2)CCCC1. The fourth-order valence-electron chi connectivity index (χ4n) is 4.08. The van der Waals surface area contributed by atoms with Crippen molar-refractivity contribution >= 4 is 0 Å². The average Bonchev–Trinajstić information content (AvgIpc) is 2.86. The zero-order chi connectivity index (χ0) is 13.3. The smallest absolute Gasteiger partial charge is 0.0848 e. The maximum absolute atomic E-state index is 11.0. The van der Waals surface area contributed by atoms with E-state index in [1.807, 2.05) is 0 Å². The van der Waals surface area contributed by atoms with Gasteiger partial charge in [-0.3, -0.25) is 0 Å². The lowest BCUT2D eigenvalue weighted by molar-refractivity contribution is 0.0225. The van der Waals surface area contributed by atoms with Gasteiger partial charge >= 0.3 is 0 Å². The van der Waals surface area contributed by atoms with E-state index < -0.39 is 0 Å². The van der Waals surface area contributed by atoms with Crippen LogP contribution in [-0.4, -0.2) is 5.11 Å². The van der Waals surface area contributed by atoms with Crippen LogP contribution in [0.1, 0.15) is 81.4 Å². The summed E-state index contributed by atoms with van der Waals surface area (Å²) in [6.45, 7) is 2.25. The predicted octanol–water partition coefficient (Wildman–Crippen LogP) is 4.96. The van der Waals surface area contributed by atoms with Crippen LogP contribution in [0.5, 0.6) is 0 Å². The van der Waals surface area contributed by atoms with E-state index >= 15 is 0 Å². The molecule has 19 heavy (non-hydrogen) atoms. The molecule has 1 nitrogen and oxygen atoms in total. The molecule has 0 bridgehead atoms. The average molecular weight is 258 g/mol. The number of rotatable bonds is 4. The molecule has 0 saturated heterocycles. The Kier molecular flexibility index (Phi) is 3.66. The van der Waals surface area contributed by atoms with E-state index in [4.69, 9.17) is 0 Å². The van der Waals surface area contributed by atoms with Crippen molar-refractivity contribution in [1.82, 2.24) is 0 Å². The lowest BCUT2D eigenvalue weighted by Gasteiger charge is -2.37. The van der Waals surface area contributed by atoms with Crippen LogP contribution >= 0.6 is 0 Å². The summed E-state index contributed by atoms with van der Waals surface area (Å²) in [6.07, 6.45) is 9.80. The lowest BCUT2D eigenvalue weighted by Crippen LogP contribution is -2.27. The lowest BCUT2D eigenvalue weighted by atomic mass is 9.71. The number of aliphatic hydroxyl groups is 1. The Morgan fingerprint density at radius 1 is 1.16 bits per heavy atom. The molecule has 0 aliphatic heterocycles. The minimum atomic E-state index is -0.253. The molecular formula is C18H26O. The molecule has 1 unspecified atom stereocenters. The maximum atomic E-state index is 11.0. The van der Waals surface area contributed by atoms with E-state index in [-0.39, 0.29) is 11.5 Å². The summed E-state index contributed by atoms with van der Waals surface area (Å²) in [5, 5.41) is 11.0. The number of hydrogen-bond acceptors (Lipinski definition) is 1. The molecule has 1 heteroatoms. The fourth-order valence-corrected chi connectivity index (χ4v) is 4.08. The largest absolute Gasteiger partial charge is 0.388 e. The third-order valence-electron chi connectivity index (χ3n) is 5.72. The summed E-state index contributed by atoms with van der Waals surface area (Å²) in [6, 6.07) is 8.66. The quantitative estimate of drug-likeness (QED) is 0.809. The van der Waals surface area contributed by atoms with E-state index in [0.29, 0.717) is 5.92 Å². The molecule has 0 spiro atoms. The van der Waals surface area contributed by atoms with Crippen LogP contribution in [0.3, 0.4) is 0 Å². The highest BCUT2D eigenvalue weighted by Crippen LogP contribution is 2.52. The summed E-state index contributed by atoms with van der Waals surface area (Å²) in [4.78, 5) is 0. The van der Waals surface area contributed by atoms with Gasteiger partial charge in [0.1, 0.15) is 0 Å². The highest BCUT2D eigenvalue weighted by molar-refractivity contribution is 5.34. The zero-order valence-corrected chi connectivity index (χ0v) is 12.1. The second-order valence-corrected chi connectivity index (χ2v) is 6.58. The van der Waals surface area contributed by atoms with Gasteiger partial charge in [0, 0.05) is 5.41 Å². The Balaban J connectivity index is 1.92. The third-order valence-corrected chi connectivity index (χ3v) is 5.72. The van der Waals surface area contributed by atoms with Gasteiger partial charge in [-0.2, -0.15) is 0 Å². The Labute approximate surface area is 117 Å². The first-order chi connectivity index (χ1) is 9.27. The van der Waals surface area contributed by atoms with E-state index in [2.05, 4.69) is 31.2 Å². The molecule has 3 rings (SSSR count). The topological polar surface area (TPSA) is 20.2 Å².